The molecule has 0 saturated carbocycles. The van der Waals surface area contributed by atoms with Gasteiger partial charge in [0.1, 0.15) is 6.04 Å². The van der Waals surface area contributed by atoms with Crippen molar-refractivity contribution in [2.24, 2.45) is 0 Å². The zero-order chi connectivity index (χ0) is 13.1. The molecule has 2 amide bonds. The lowest BCUT2D eigenvalue weighted by molar-refractivity contribution is -0.130. The molecule has 0 aromatic carbocycles. The molecule has 1 aliphatic heterocycles. The minimum absolute atomic E-state index is 0.0842. The third-order valence-electron chi connectivity index (χ3n) is 2.63. The van der Waals surface area contributed by atoms with Gasteiger partial charge in [-0.2, -0.15) is 0 Å². The van der Waals surface area contributed by atoms with Gasteiger partial charge in [-0.3, -0.25) is 9.59 Å². The SMILES string of the molecule is CC(NC(=O)[C@H]1CCCN1)C(=O)NC(C)(C)C. The van der Waals surface area contributed by atoms with E-state index < -0.39 is 6.04 Å². The molecule has 17 heavy (non-hydrogen) atoms. The summed E-state index contributed by atoms with van der Waals surface area (Å²) in [6.45, 7) is 8.32. The summed E-state index contributed by atoms with van der Waals surface area (Å²) in [5.74, 6) is -0.233. The van der Waals surface area contributed by atoms with Crippen molar-refractivity contribution in [3.05, 3.63) is 0 Å². The van der Waals surface area contributed by atoms with Crippen LogP contribution in [-0.2, 0) is 9.59 Å². The van der Waals surface area contributed by atoms with Crippen molar-refractivity contribution in [2.75, 3.05) is 6.54 Å². The van der Waals surface area contributed by atoms with Gasteiger partial charge in [-0.15, -0.1) is 0 Å². The summed E-state index contributed by atoms with van der Waals surface area (Å²) in [7, 11) is 0. The molecule has 3 N–H and O–H groups in total. The Morgan fingerprint density at radius 2 is 2.00 bits per heavy atom. The maximum atomic E-state index is 11.8. The minimum Gasteiger partial charge on any atom is -0.350 e. The van der Waals surface area contributed by atoms with Gasteiger partial charge in [-0.1, -0.05) is 0 Å². The highest BCUT2D eigenvalue weighted by atomic mass is 16.2. The Labute approximate surface area is 103 Å². The van der Waals surface area contributed by atoms with Crippen molar-refractivity contribution in [3.63, 3.8) is 0 Å². The smallest absolute Gasteiger partial charge is 0.242 e. The predicted octanol–water partition coefficient (Wildman–Crippen LogP) is 0.158. The van der Waals surface area contributed by atoms with Gasteiger partial charge in [-0.25, -0.2) is 0 Å². The standard InChI is InChI=1S/C12H23N3O2/c1-8(10(16)15-12(2,3)4)14-11(17)9-6-5-7-13-9/h8-9,13H,5-7H2,1-4H3,(H,14,17)(H,15,16)/t8?,9-/m1/s1. The first-order valence-corrected chi connectivity index (χ1v) is 6.15. The number of hydrogen-bond donors (Lipinski definition) is 3. The fraction of sp³-hybridized carbons (Fsp3) is 0.833. The van der Waals surface area contributed by atoms with Gasteiger partial charge >= 0.3 is 0 Å². The average Bonchev–Trinajstić information content (AvgIpc) is 2.67. The van der Waals surface area contributed by atoms with E-state index in [0.717, 1.165) is 19.4 Å². The second-order valence-electron chi connectivity index (χ2n) is 5.62. The summed E-state index contributed by atoms with van der Waals surface area (Å²) in [5.41, 5.74) is -0.276. The van der Waals surface area contributed by atoms with Crippen molar-refractivity contribution in [1.29, 1.82) is 0 Å². The molecule has 0 aromatic rings. The van der Waals surface area contributed by atoms with E-state index in [2.05, 4.69) is 16.0 Å². The van der Waals surface area contributed by atoms with Crippen LogP contribution >= 0.6 is 0 Å². The second-order valence-corrected chi connectivity index (χ2v) is 5.62. The Bertz CT molecular complexity index is 291. The first-order chi connectivity index (χ1) is 7.79. The Hall–Kier alpha value is -1.10. The van der Waals surface area contributed by atoms with Crippen LogP contribution in [-0.4, -0.2) is 36.0 Å². The van der Waals surface area contributed by atoms with Gasteiger partial charge in [0, 0.05) is 5.54 Å². The molecule has 0 bridgehead atoms. The van der Waals surface area contributed by atoms with Crippen LogP contribution in [0.2, 0.25) is 0 Å². The Kier molecular flexibility index (Phi) is 4.51. The maximum absolute atomic E-state index is 11.8. The Morgan fingerprint density at radius 3 is 2.47 bits per heavy atom. The number of nitrogens with one attached hydrogen (secondary N) is 3. The molecule has 0 spiro atoms. The molecule has 5 nitrogen and oxygen atoms in total. The van der Waals surface area contributed by atoms with Gasteiger partial charge < -0.3 is 16.0 Å². The minimum atomic E-state index is -0.496. The highest BCUT2D eigenvalue weighted by molar-refractivity contribution is 5.89. The van der Waals surface area contributed by atoms with E-state index in [1.807, 2.05) is 20.8 Å². The van der Waals surface area contributed by atoms with E-state index in [4.69, 9.17) is 0 Å². The van der Waals surface area contributed by atoms with Crippen LogP contribution in [0.4, 0.5) is 0 Å². The fourth-order valence-electron chi connectivity index (χ4n) is 1.77. The topological polar surface area (TPSA) is 70.2 Å². The molecule has 98 valence electrons. The lowest BCUT2D eigenvalue weighted by atomic mass is 10.1. The van der Waals surface area contributed by atoms with Crippen LogP contribution in [0.5, 0.6) is 0 Å². The zero-order valence-corrected chi connectivity index (χ0v) is 11.1. The number of amides is 2. The summed E-state index contributed by atoms with van der Waals surface area (Å²) in [4.78, 5) is 23.5. The first kappa shape index (κ1) is 14.0. The van der Waals surface area contributed by atoms with Crippen LogP contribution in [0.15, 0.2) is 0 Å². The van der Waals surface area contributed by atoms with Crippen molar-refractivity contribution in [1.82, 2.24) is 16.0 Å². The molecule has 1 saturated heterocycles. The lowest BCUT2D eigenvalue weighted by Crippen LogP contribution is -2.53. The highest BCUT2D eigenvalue weighted by Gasteiger charge is 2.26. The maximum Gasteiger partial charge on any atom is 0.242 e. The van der Waals surface area contributed by atoms with Crippen LogP contribution in [0.25, 0.3) is 0 Å². The van der Waals surface area contributed by atoms with E-state index in [1.165, 1.54) is 0 Å². The summed E-state index contributed by atoms with van der Waals surface area (Å²) in [6, 6.07) is -0.635. The van der Waals surface area contributed by atoms with Crippen LogP contribution < -0.4 is 16.0 Å². The van der Waals surface area contributed by atoms with Crippen LogP contribution in [0.1, 0.15) is 40.5 Å². The van der Waals surface area contributed by atoms with Gasteiger partial charge in [-0.05, 0) is 47.1 Å². The average molecular weight is 241 g/mol. The largest absolute Gasteiger partial charge is 0.350 e. The molecular formula is C12H23N3O2. The molecule has 0 aliphatic carbocycles. The van der Waals surface area contributed by atoms with Crippen molar-refractivity contribution in [3.8, 4) is 0 Å². The van der Waals surface area contributed by atoms with E-state index in [1.54, 1.807) is 6.92 Å². The third-order valence-corrected chi connectivity index (χ3v) is 2.63. The van der Waals surface area contributed by atoms with E-state index in [0.29, 0.717) is 0 Å². The number of carbonyl (C=O) groups excluding carboxylic acids is 2. The molecule has 1 fully saturated rings. The van der Waals surface area contributed by atoms with E-state index in [-0.39, 0.29) is 23.4 Å². The lowest BCUT2D eigenvalue weighted by Gasteiger charge is -2.24. The van der Waals surface area contributed by atoms with Crippen LogP contribution in [0, 0.1) is 0 Å². The summed E-state index contributed by atoms with van der Waals surface area (Å²) in [6.07, 6.45) is 1.86. The molecular weight excluding hydrogens is 218 g/mol. The summed E-state index contributed by atoms with van der Waals surface area (Å²) >= 11 is 0. The number of rotatable bonds is 3. The van der Waals surface area contributed by atoms with Crippen molar-refractivity contribution >= 4 is 11.8 Å². The monoisotopic (exact) mass is 241 g/mol. The predicted molar refractivity (Wildman–Crippen MR) is 66.5 cm³/mol. The fourth-order valence-corrected chi connectivity index (χ4v) is 1.77. The second kappa shape index (κ2) is 5.49. The van der Waals surface area contributed by atoms with Crippen molar-refractivity contribution in [2.45, 2.75) is 58.2 Å². The molecule has 1 aliphatic rings. The molecule has 1 unspecified atom stereocenters. The van der Waals surface area contributed by atoms with Gasteiger partial charge in [0.15, 0.2) is 0 Å². The van der Waals surface area contributed by atoms with Gasteiger partial charge in [0.25, 0.3) is 0 Å². The molecule has 1 heterocycles. The molecule has 0 aromatic heterocycles. The van der Waals surface area contributed by atoms with Crippen LogP contribution in [0.3, 0.4) is 0 Å². The van der Waals surface area contributed by atoms with E-state index >= 15 is 0 Å². The van der Waals surface area contributed by atoms with Crippen molar-refractivity contribution < 1.29 is 9.59 Å². The molecule has 5 heteroatoms. The molecule has 1 rings (SSSR count). The normalized spacial score (nSPS) is 22.0. The van der Waals surface area contributed by atoms with Gasteiger partial charge in [0.2, 0.25) is 11.8 Å². The first-order valence-electron chi connectivity index (χ1n) is 6.15. The zero-order valence-electron chi connectivity index (χ0n) is 11.1. The Balaban J connectivity index is 2.40. The quantitative estimate of drug-likeness (QED) is 0.659. The van der Waals surface area contributed by atoms with E-state index in [9.17, 15) is 9.59 Å². The number of hydrogen-bond acceptors (Lipinski definition) is 3. The summed E-state index contributed by atoms with van der Waals surface area (Å²) < 4.78 is 0. The van der Waals surface area contributed by atoms with Gasteiger partial charge in [0.05, 0.1) is 6.04 Å². The third kappa shape index (κ3) is 4.73. The number of carbonyl (C=O) groups is 2. The highest BCUT2D eigenvalue weighted by Crippen LogP contribution is 2.05. The molecule has 2 atom stereocenters. The summed E-state index contributed by atoms with van der Waals surface area (Å²) in [5, 5.41) is 8.68. The Morgan fingerprint density at radius 1 is 1.35 bits per heavy atom. The molecule has 0 radical (unpaired) electrons.